The molecule has 0 saturated heterocycles. The maximum atomic E-state index is 13.3. The van der Waals surface area contributed by atoms with Crippen LogP contribution in [0.2, 0.25) is 0 Å². The van der Waals surface area contributed by atoms with Crippen LogP contribution < -0.4 is 5.32 Å². The molecule has 0 fully saturated rings. The Balaban J connectivity index is 1.92. The lowest BCUT2D eigenvalue weighted by molar-refractivity contribution is -0.140. The number of hydrogen-bond acceptors (Lipinski definition) is 4. The number of ether oxygens (including phenoxy) is 1. The van der Waals surface area contributed by atoms with Gasteiger partial charge in [-0.25, -0.2) is 4.79 Å². The van der Waals surface area contributed by atoms with Crippen molar-refractivity contribution in [2.45, 2.75) is 66.5 Å². The van der Waals surface area contributed by atoms with Gasteiger partial charge in [0.15, 0.2) is 0 Å². The van der Waals surface area contributed by atoms with E-state index in [1.54, 1.807) is 30.9 Å². The molecular weight excluding hydrogens is 440 g/mol. The van der Waals surface area contributed by atoms with Crippen molar-refractivity contribution in [3.8, 4) is 0 Å². The van der Waals surface area contributed by atoms with Crippen LogP contribution in [-0.4, -0.2) is 35.3 Å². The molecule has 2 atom stereocenters. The maximum absolute atomic E-state index is 13.3. The first kappa shape index (κ1) is 26.2. The highest BCUT2D eigenvalue weighted by atomic mass is 16.5. The predicted octanol–water partition coefficient (Wildman–Crippen LogP) is 5.12. The average Bonchev–Trinajstić information content (AvgIpc) is 2.82. The first-order valence-electron chi connectivity index (χ1n) is 12.3. The minimum absolute atomic E-state index is 0.0471. The van der Waals surface area contributed by atoms with Gasteiger partial charge < -0.3 is 15.0 Å². The van der Waals surface area contributed by atoms with Gasteiger partial charge in [-0.05, 0) is 56.9 Å². The zero-order valence-corrected chi connectivity index (χ0v) is 21.6. The van der Waals surface area contributed by atoms with Gasteiger partial charge >= 0.3 is 5.97 Å². The third-order valence-electron chi connectivity index (χ3n) is 6.69. The molecule has 35 heavy (non-hydrogen) atoms. The van der Waals surface area contributed by atoms with Crippen LogP contribution in [-0.2, 0) is 20.9 Å². The highest BCUT2D eigenvalue weighted by molar-refractivity contribution is 5.96. The molecule has 0 bridgehead atoms. The summed E-state index contributed by atoms with van der Waals surface area (Å²) in [7, 11) is 0. The van der Waals surface area contributed by atoms with Gasteiger partial charge in [0.25, 0.3) is 5.91 Å². The molecule has 2 amide bonds. The summed E-state index contributed by atoms with van der Waals surface area (Å²) < 4.78 is 5.38. The Morgan fingerprint density at radius 1 is 1.09 bits per heavy atom. The number of nitrogens with zero attached hydrogens (tertiary/aromatic N) is 1. The first-order valence-corrected chi connectivity index (χ1v) is 12.3. The molecule has 1 aliphatic rings. The standard InChI is InChI=1S/C29H36N2O4/c1-7-35-29(34)27-21(6)31(26(32)16-25(27)23-13-11-19(4)12-14-23)17-22-9-8-10-24(15-22)28(33)30-20(5)18(2)3/h8-15,18,20,25H,7,16-17H2,1-6H3,(H,30,33). The average molecular weight is 477 g/mol. The Kier molecular flexibility index (Phi) is 8.49. The minimum Gasteiger partial charge on any atom is -0.463 e. The molecule has 3 rings (SSSR count). The van der Waals surface area contributed by atoms with Gasteiger partial charge in [0.1, 0.15) is 0 Å². The zero-order chi connectivity index (χ0) is 25.7. The quantitative estimate of drug-likeness (QED) is 0.537. The Labute approximate surface area is 208 Å². The first-order chi connectivity index (χ1) is 16.6. The Hall–Kier alpha value is -3.41. The number of benzene rings is 2. The van der Waals surface area contributed by atoms with Gasteiger partial charge in [-0.1, -0.05) is 55.8 Å². The number of carbonyl (C=O) groups excluding carboxylic acids is 3. The van der Waals surface area contributed by atoms with Crippen LogP contribution in [0.25, 0.3) is 0 Å². The van der Waals surface area contributed by atoms with Crippen molar-refractivity contribution in [3.05, 3.63) is 82.1 Å². The van der Waals surface area contributed by atoms with Gasteiger partial charge in [0.05, 0.1) is 18.7 Å². The topological polar surface area (TPSA) is 75.7 Å². The second-order valence-electron chi connectivity index (χ2n) is 9.57. The molecular formula is C29H36N2O4. The molecule has 2 aromatic carbocycles. The van der Waals surface area contributed by atoms with Crippen LogP contribution in [0.1, 0.15) is 74.0 Å². The van der Waals surface area contributed by atoms with Crippen LogP contribution in [0.15, 0.2) is 59.8 Å². The lowest BCUT2D eigenvalue weighted by Crippen LogP contribution is -2.38. The van der Waals surface area contributed by atoms with Gasteiger partial charge in [-0.3, -0.25) is 9.59 Å². The van der Waals surface area contributed by atoms with Crippen molar-refractivity contribution in [2.75, 3.05) is 6.61 Å². The molecule has 0 saturated carbocycles. The summed E-state index contributed by atoms with van der Waals surface area (Å²) in [5.41, 5.74) is 4.50. The van der Waals surface area contributed by atoms with E-state index < -0.39 is 5.97 Å². The zero-order valence-electron chi connectivity index (χ0n) is 21.6. The number of allylic oxidation sites excluding steroid dienone is 1. The summed E-state index contributed by atoms with van der Waals surface area (Å²) in [6.07, 6.45) is 0.181. The van der Waals surface area contributed by atoms with E-state index in [0.717, 1.165) is 16.7 Å². The lowest BCUT2D eigenvalue weighted by Gasteiger charge is -2.34. The lowest BCUT2D eigenvalue weighted by atomic mass is 9.83. The summed E-state index contributed by atoms with van der Waals surface area (Å²) in [4.78, 5) is 40.6. The smallest absolute Gasteiger partial charge is 0.336 e. The number of nitrogens with one attached hydrogen (secondary N) is 1. The Morgan fingerprint density at radius 3 is 2.40 bits per heavy atom. The molecule has 6 nitrogen and oxygen atoms in total. The van der Waals surface area contributed by atoms with Crippen molar-refractivity contribution >= 4 is 17.8 Å². The fraction of sp³-hybridized carbons (Fsp3) is 0.414. The van der Waals surface area contributed by atoms with E-state index in [0.29, 0.717) is 22.8 Å². The van der Waals surface area contributed by atoms with Crippen molar-refractivity contribution in [1.29, 1.82) is 0 Å². The number of amides is 2. The van der Waals surface area contributed by atoms with Gasteiger partial charge in [-0.15, -0.1) is 0 Å². The third kappa shape index (κ3) is 6.18. The van der Waals surface area contributed by atoms with E-state index in [1.165, 1.54) is 0 Å². The molecule has 0 aliphatic carbocycles. The predicted molar refractivity (Wildman–Crippen MR) is 137 cm³/mol. The van der Waals surface area contributed by atoms with E-state index in [2.05, 4.69) is 19.2 Å². The van der Waals surface area contributed by atoms with E-state index in [1.807, 2.05) is 50.2 Å². The molecule has 1 N–H and O–H groups in total. The van der Waals surface area contributed by atoms with Crippen molar-refractivity contribution in [2.24, 2.45) is 5.92 Å². The fourth-order valence-corrected chi connectivity index (χ4v) is 4.21. The summed E-state index contributed by atoms with van der Waals surface area (Å²) in [5, 5.41) is 3.02. The molecule has 0 spiro atoms. The normalized spacial score (nSPS) is 16.9. The molecule has 186 valence electrons. The second kappa shape index (κ2) is 11.3. The summed E-state index contributed by atoms with van der Waals surface area (Å²) in [5.74, 6) is -0.637. The van der Waals surface area contributed by atoms with Crippen LogP contribution >= 0.6 is 0 Å². The van der Waals surface area contributed by atoms with Gasteiger partial charge in [0.2, 0.25) is 5.91 Å². The second-order valence-corrected chi connectivity index (χ2v) is 9.57. The molecule has 6 heteroatoms. The number of esters is 1. The monoisotopic (exact) mass is 476 g/mol. The molecule has 2 unspecified atom stereocenters. The van der Waals surface area contributed by atoms with E-state index in [-0.39, 0.29) is 43.3 Å². The highest BCUT2D eigenvalue weighted by Crippen LogP contribution is 2.37. The number of carbonyl (C=O) groups is 3. The van der Waals surface area contributed by atoms with Gasteiger partial charge in [-0.2, -0.15) is 0 Å². The SMILES string of the molecule is CCOC(=O)C1=C(C)N(Cc2cccc(C(=O)NC(C)C(C)C)c2)C(=O)CC1c1ccc(C)cc1. The van der Waals surface area contributed by atoms with Crippen molar-refractivity contribution in [1.82, 2.24) is 10.2 Å². The van der Waals surface area contributed by atoms with E-state index >= 15 is 0 Å². The molecule has 0 radical (unpaired) electrons. The minimum atomic E-state index is -0.399. The van der Waals surface area contributed by atoms with Crippen LogP contribution in [0, 0.1) is 12.8 Å². The fourth-order valence-electron chi connectivity index (χ4n) is 4.21. The number of rotatable bonds is 8. The number of hydrogen-bond donors (Lipinski definition) is 1. The Bertz CT molecular complexity index is 1120. The maximum Gasteiger partial charge on any atom is 0.336 e. The van der Waals surface area contributed by atoms with Crippen LogP contribution in [0.5, 0.6) is 0 Å². The van der Waals surface area contributed by atoms with Gasteiger partial charge in [0, 0.05) is 29.6 Å². The summed E-state index contributed by atoms with van der Waals surface area (Å²) in [6, 6.07) is 15.2. The van der Waals surface area contributed by atoms with Crippen molar-refractivity contribution in [3.63, 3.8) is 0 Å². The van der Waals surface area contributed by atoms with Crippen LogP contribution in [0.3, 0.4) is 0 Å². The summed E-state index contributed by atoms with van der Waals surface area (Å²) >= 11 is 0. The molecule has 1 heterocycles. The third-order valence-corrected chi connectivity index (χ3v) is 6.69. The molecule has 2 aromatic rings. The summed E-state index contributed by atoms with van der Waals surface area (Å²) in [6.45, 7) is 12.2. The highest BCUT2D eigenvalue weighted by Gasteiger charge is 2.36. The van der Waals surface area contributed by atoms with Crippen LogP contribution in [0.4, 0.5) is 0 Å². The largest absolute Gasteiger partial charge is 0.463 e. The number of aryl methyl sites for hydroxylation is 1. The Morgan fingerprint density at radius 2 is 1.77 bits per heavy atom. The molecule has 0 aromatic heterocycles. The molecule has 1 aliphatic heterocycles. The van der Waals surface area contributed by atoms with Crippen molar-refractivity contribution < 1.29 is 19.1 Å². The van der Waals surface area contributed by atoms with E-state index in [9.17, 15) is 14.4 Å². The van der Waals surface area contributed by atoms with E-state index in [4.69, 9.17) is 4.74 Å².